The number of carbonyl (C=O) groups is 2. The van der Waals surface area contributed by atoms with E-state index in [4.69, 9.17) is 9.84 Å². The van der Waals surface area contributed by atoms with E-state index in [9.17, 15) is 14.0 Å². The van der Waals surface area contributed by atoms with Crippen LogP contribution in [-0.4, -0.2) is 30.8 Å². The first-order chi connectivity index (χ1) is 7.54. The van der Waals surface area contributed by atoms with Crippen LogP contribution in [0.2, 0.25) is 0 Å². The highest BCUT2D eigenvalue weighted by molar-refractivity contribution is 5.92. The molecule has 0 unspecified atom stereocenters. The minimum absolute atomic E-state index is 0.0318. The van der Waals surface area contributed by atoms with Crippen molar-refractivity contribution in [2.75, 3.05) is 13.7 Å². The molecule has 0 spiro atoms. The summed E-state index contributed by atoms with van der Waals surface area (Å²) in [7, 11) is 1.13. The van der Waals surface area contributed by atoms with E-state index in [1.54, 1.807) is 0 Å². The summed E-state index contributed by atoms with van der Waals surface area (Å²) in [4.78, 5) is 21.5. The highest BCUT2D eigenvalue weighted by Crippen LogP contribution is 2.20. The smallest absolute Gasteiger partial charge is 0.341 e. The largest absolute Gasteiger partial charge is 0.481 e. The van der Waals surface area contributed by atoms with E-state index >= 15 is 0 Å². The molecular weight excluding hydrogens is 219 g/mol. The van der Waals surface area contributed by atoms with Gasteiger partial charge in [0.05, 0.1) is 7.11 Å². The molecule has 0 radical (unpaired) electrons. The van der Waals surface area contributed by atoms with Crippen molar-refractivity contribution in [1.29, 1.82) is 0 Å². The summed E-state index contributed by atoms with van der Waals surface area (Å²) < 4.78 is 22.1. The van der Waals surface area contributed by atoms with Gasteiger partial charge in [-0.3, -0.25) is 0 Å². The van der Waals surface area contributed by atoms with Crippen LogP contribution in [0.25, 0.3) is 0 Å². The molecule has 0 aliphatic heterocycles. The van der Waals surface area contributed by atoms with Crippen LogP contribution in [0.15, 0.2) is 18.2 Å². The van der Waals surface area contributed by atoms with E-state index in [0.717, 1.165) is 19.2 Å². The number of methoxy groups -OCH3 is 1. The number of hydrogen-bond acceptors (Lipinski definition) is 4. The minimum Gasteiger partial charge on any atom is -0.481 e. The second-order valence-electron chi connectivity index (χ2n) is 2.81. The van der Waals surface area contributed by atoms with E-state index in [1.807, 2.05) is 0 Å². The Labute approximate surface area is 90.4 Å². The SMILES string of the molecule is COC(=O)c1cc(F)ccc1OCC(=O)O. The van der Waals surface area contributed by atoms with Crippen LogP contribution in [0.3, 0.4) is 0 Å². The Bertz CT molecular complexity index is 416. The standard InChI is InChI=1S/C10H9FO5/c1-15-10(14)7-4-6(11)2-3-8(7)16-5-9(12)13/h2-4H,5H2,1H3,(H,12,13). The first-order valence-corrected chi connectivity index (χ1v) is 4.27. The summed E-state index contributed by atoms with van der Waals surface area (Å²) in [6.07, 6.45) is 0. The maximum Gasteiger partial charge on any atom is 0.341 e. The van der Waals surface area contributed by atoms with Crippen molar-refractivity contribution in [2.45, 2.75) is 0 Å². The molecule has 1 aromatic rings. The highest BCUT2D eigenvalue weighted by Gasteiger charge is 2.15. The number of esters is 1. The number of carbonyl (C=O) groups excluding carboxylic acids is 1. The molecule has 5 nitrogen and oxygen atoms in total. The fourth-order valence-electron chi connectivity index (χ4n) is 1.04. The molecule has 0 saturated heterocycles. The van der Waals surface area contributed by atoms with E-state index < -0.39 is 24.4 Å². The van der Waals surface area contributed by atoms with Gasteiger partial charge in [-0.1, -0.05) is 0 Å². The quantitative estimate of drug-likeness (QED) is 0.780. The number of benzene rings is 1. The lowest BCUT2D eigenvalue weighted by Crippen LogP contribution is -2.12. The van der Waals surface area contributed by atoms with Gasteiger partial charge in [0.25, 0.3) is 0 Å². The summed E-state index contributed by atoms with van der Waals surface area (Å²) in [5, 5.41) is 8.40. The summed E-state index contributed by atoms with van der Waals surface area (Å²) >= 11 is 0. The first-order valence-electron chi connectivity index (χ1n) is 4.27. The predicted octanol–water partition coefficient (Wildman–Crippen LogP) is 1.08. The lowest BCUT2D eigenvalue weighted by atomic mass is 10.2. The molecule has 0 aromatic heterocycles. The third kappa shape index (κ3) is 2.94. The molecule has 86 valence electrons. The van der Waals surface area contributed by atoms with Crippen molar-refractivity contribution in [3.05, 3.63) is 29.6 Å². The van der Waals surface area contributed by atoms with E-state index in [-0.39, 0.29) is 11.3 Å². The van der Waals surface area contributed by atoms with Crippen LogP contribution in [0.1, 0.15) is 10.4 Å². The number of ether oxygens (including phenoxy) is 2. The van der Waals surface area contributed by atoms with Crippen LogP contribution in [0, 0.1) is 5.82 Å². The molecule has 16 heavy (non-hydrogen) atoms. The maximum atomic E-state index is 12.9. The Kier molecular flexibility index (Phi) is 3.82. The average Bonchev–Trinajstić information content (AvgIpc) is 2.26. The molecule has 0 aliphatic carbocycles. The Hall–Kier alpha value is -2.11. The lowest BCUT2D eigenvalue weighted by Gasteiger charge is -2.08. The Balaban J connectivity index is 2.98. The zero-order valence-electron chi connectivity index (χ0n) is 8.40. The number of aliphatic carboxylic acids is 1. The van der Waals surface area contributed by atoms with E-state index in [1.165, 1.54) is 6.07 Å². The molecule has 0 heterocycles. The minimum atomic E-state index is -1.19. The van der Waals surface area contributed by atoms with Crippen molar-refractivity contribution < 1.29 is 28.6 Å². The normalized spacial score (nSPS) is 9.62. The topological polar surface area (TPSA) is 72.8 Å². The zero-order valence-corrected chi connectivity index (χ0v) is 8.40. The lowest BCUT2D eigenvalue weighted by molar-refractivity contribution is -0.139. The van der Waals surface area contributed by atoms with Gasteiger partial charge in [-0.2, -0.15) is 0 Å². The Morgan fingerprint density at radius 3 is 2.69 bits per heavy atom. The number of halogens is 1. The van der Waals surface area contributed by atoms with E-state index in [2.05, 4.69) is 4.74 Å². The van der Waals surface area contributed by atoms with Crippen molar-refractivity contribution >= 4 is 11.9 Å². The van der Waals surface area contributed by atoms with Gasteiger partial charge in [0.1, 0.15) is 17.1 Å². The third-order valence-electron chi connectivity index (χ3n) is 1.70. The number of carboxylic acids is 1. The monoisotopic (exact) mass is 228 g/mol. The van der Waals surface area contributed by atoms with Gasteiger partial charge in [-0.15, -0.1) is 0 Å². The number of carboxylic acid groups (broad SMARTS) is 1. The van der Waals surface area contributed by atoms with Gasteiger partial charge in [0, 0.05) is 0 Å². The van der Waals surface area contributed by atoms with Crippen LogP contribution < -0.4 is 4.74 Å². The zero-order chi connectivity index (χ0) is 12.1. The maximum absolute atomic E-state index is 12.9. The molecule has 0 aliphatic rings. The van der Waals surface area contributed by atoms with Gasteiger partial charge in [0.15, 0.2) is 6.61 Å². The summed E-state index contributed by atoms with van der Waals surface area (Å²) in [6, 6.07) is 3.15. The predicted molar refractivity (Wildman–Crippen MR) is 50.9 cm³/mol. The van der Waals surface area contributed by atoms with Crippen LogP contribution in [-0.2, 0) is 9.53 Å². The molecule has 1 rings (SSSR count). The Morgan fingerprint density at radius 2 is 2.12 bits per heavy atom. The van der Waals surface area contributed by atoms with Gasteiger partial charge in [-0.25, -0.2) is 14.0 Å². The molecule has 0 fully saturated rings. The average molecular weight is 228 g/mol. The molecule has 1 aromatic carbocycles. The van der Waals surface area contributed by atoms with Crippen molar-refractivity contribution in [1.82, 2.24) is 0 Å². The van der Waals surface area contributed by atoms with Crippen molar-refractivity contribution in [2.24, 2.45) is 0 Å². The molecule has 1 N–H and O–H groups in total. The molecule has 0 amide bonds. The Morgan fingerprint density at radius 1 is 1.44 bits per heavy atom. The van der Waals surface area contributed by atoms with Crippen molar-refractivity contribution in [3.63, 3.8) is 0 Å². The van der Waals surface area contributed by atoms with Gasteiger partial charge in [-0.05, 0) is 18.2 Å². The number of rotatable bonds is 4. The molecule has 0 saturated carbocycles. The summed E-state index contributed by atoms with van der Waals surface area (Å²) in [5.41, 5.74) is -0.149. The second-order valence-corrected chi connectivity index (χ2v) is 2.81. The molecule has 0 atom stereocenters. The fourth-order valence-corrected chi connectivity index (χ4v) is 1.04. The van der Waals surface area contributed by atoms with Crippen molar-refractivity contribution in [3.8, 4) is 5.75 Å². The highest BCUT2D eigenvalue weighted by atomic mass is 19.1. The van der Waals surface area contributed by atoms with Gasteiger partial charge in [0.2, 0.25) is 0 Å². The summed E-state index contributed by atoms with van der Waals surface area (Å²) in [6.45, 7) is -0.615. The summed E-state index contributed by atoms with van der Waals surface area (Å²) in [5.74, 6) is -2.65. The molecular formula is C10H9FO5. The van der Waals surface area contributed by atoms with Crippen LogP contribution in [0.5, 0.6) is 5.75 Å². The van der Waals surface area contributed by atoms with Gasteiger partial charge < -0.3 is 14.6 Å². The van der Waals surface area contributed by atoms with Crippen LogP contribution >= 0.6 is 0 Å². The van der Waals surface area contributed by atoms with E-state index in [0.29, 0.717) is 0 Å². The molecule has 6 heteroatoms. The fraction of sp³-hybridized carbons (Fsp3) is 0.200. The third-order valence-corrected chi connectivity index (χ3v) is 1.70. The first kappa shape index (κ1) is 12.0. The van der Waals surface area contributed by atoms with Gasteiger partial charge >= 0.3 is 11.9 Å². The second kappa shape index (κ2) is 5.11. The van der Waals surface area contributed by atoms with Crippen LogP contribution in [0.4, 0.5) is 4.39 Å². The molecule has 0 bridgehead atoms. The number of hydrogen-bond donors (Lipinski definition) is 1.